The Morgan fingerprint density at radius 3 is 2.63 bits per heavy atom. The number of anilines is 1. The standard InChI is InChI=1S/C11H17N3O4S/c1-14(2)19(17,18)6-5-13-11(16)9-7-8(15)3-4-10(9)12/h3-4,7,15H,5-6,12H2,1-2H3,(H,13,16). The SMILES string of the molecule is CN(C)S(=O)(=O)CCNC(=O)c1cc(O)ccc1N. The van der Waals surface area contributed by atoms with Crippen LogP contribution in [0, 0.1) is 0 Å². The number of phenols is 1. The van der Waals surface area contributed by atoms with E-state index in [-0.39, 0.29) is 29.3 Å². The van der Waals surface area contributed by atoms with Gasteiger partial charge in [-0.05, 0) is 18.2 Å². The van der Waals surface area contributed by atoms with Crippen LogP contribution in [0.25, 0.3) is 0 Å². The van der Waals surface area contributed by atoms with Gasteiger partial charge in [-0.3, -0.25) is 4.79 Å². The number of sulfonamides is 1. The molecule has 0 atom stereocenters. The lowest BCUT2D eigenvalue weighted by Crippen LogP contribution is -2.34. The van der Waals surface area contributed by atoms with E-state index >= 15 is 0 Å². The van der Waals surface area contributed by atoms with Gasteiger partial charge in [0.25, 0.3) is 5.91 Å². The van der Waals surface area contributed by atoms with Gasteiger partial charge in [-0.1, -0.05) is 0 Å². The van der Waals surface area contributed by atoms with Crippen LogP contribution in [0.2, 0.25) is 0 Å². The molecule has 0 spiro atoms. The van der Waals surface area contributed by atoms with Crippen LogP contribution in [-0.4, -0.2) is 50.1 Å². The Morgan fingerprint density at radius 2 is 2.05 bits per heavy atom. The Kier molecular flexibility index (Phi) is 4.73. The van der Waals surface area contributed by atoms with Gasteiger partial charge >= 0.3 is 0 Å². The molecule has 0 aliphatic rings. The molecule has 0 radical (unpaired) electrons. The first kappa shape index (κ1) is 15.3. The molecule has 0 heterocycles. The highest BCUT2D eigenvalue weighted by atomic mass is 32.2. The fraction of sp³-hybridized carbons (Fsp3) is 0.364. The highest BCUT2D eigenvalue weighted by Gasteiger charge is 2.15. The van der Waals surface area contributed by atoms with Crippen molar-refractivity contribution < 1.29 is 18.3 Å². The van der Waals surface area contributed by atoms with Gasteiger partial charge in [0, 0.05) is 26.3 Å². The topological polar surface area (TPSA) is 113 Å². The number of aromatic hydroxyl groups is 1. The van der Waals surface area contributed by atoms with E-state index in [1.165, 1.54) is 32.3 Å². The molecule has 0 aliphatic heterocycles. The molecule has 0 aromatic heterocycles. The van der Waals surface area contributed by atoms with Crippen molar-refractivity contribution in [1.82, 2.24) is 9.62 Å². The fourth-order valence-corrected chi connectivity index (χ4v) is 2.04. The first-order valence-electron chi connectivity index (χ1n) is 5.51. The zero-order valence-corrected chi connectivity index (χ0v) is 11.6. The van der Waals surface area contributed by atoms with E-state index < -0.39 is 15.9 Å². The van der Waals surface area contributed by atoms with Gasteiger partial charge in [0.15, 0.2) is 0 Å². The third-order valence-corrected chi connectivity index (χ3v) is 4.32. The van der Waals surface area contributed by atoms with E-state index in [1.807, 2.05) is 0 Å². The number of carbonyl (C=O) groups excluding carboxylic acids is 1. The third kappa shape index (κ3) is 4.11. The monoisotopic (exact) mass is 287 g/mol. The number of phenolic OH excluding ortho intramolecular Hbond substituents is 1. The van der Waals surface area contributed by atoms with E-state index in [2.05, 4.69) is 5.32 Å². The molecule has 19 heavy (non-hydrogen) atoms. The molecule has 1 aromatic rings. The third-order valence-electron chi connectivity index (χ3n) is 2.48. The Bertz CT molecular complexity index is 569. The Labute approximate surface area is 112 Å². The number of nitrogens with two attached hydrogens (primary N) is 1. The molecule has 1 rings (SSSR count). The maximum atomic E-state index is 11.8. The summed E-state index contributed by atoms with van der Waals surface area (Å²) in [6.45, 7) is -0.0333. The summed E-state index contributed by atoms with van der Waals surface area (Å²) in [5.41, 5.74) is 5.92. The highest BCUT2D eigenvalue weighted by molar-refractivity contribution is 7.89. The molecule has 106 valence electrons. The number of carbonyl (C=O) groups is 1. The Morgan fingerprint density at radius 1 is 1.42 bits per heavy atom. The summed E-state index contributed by atoms with van der Waals surface area (Å²) in [6, 6.07) is 3.99. The summed E-state index contributed by atoms with van der Waals surface area (Å²) in [5, 5.41) is 11.7. The zero-order chi connectivity index (χ0) is 14.6. The summed E-state index contributed by atoms with van der Waals surface area (Å²) in [6.07, 6.45) is 0. The van der Waals surface area contributed by atoms with Gasteiger partial charge in [0.2, 0.25) is 10.0 Å². The predicted molar refractivity (Wildman–Crippen MR) is 72.3 cm³/mol. The number of hydrogen-bond acceptors (Lipinski definition) is 5. The van der Waals surface area contributed by atoms with Gasteiger partial charge < -0.3 is 16.2 Å². The molecular formula is C11H17N3O4S. The lowest BCUT2D eigenvalue weighted by Gasteiger charge is -2.12. The van der Waals surface area contributed by atoms with Crippen molar-refractivity contribution in [3.05, 3.63) is 23.8 Å². The molecule has 0 saturated carbocycles. The number of amides is 1. The molecule has 0 aliphatic carbocycles. The smallest absolute Gasteiger partial charge is 0.253 e. The van der Waals surface area contributed by atoms with E-state index in [1.54, 1.807) is 0 Å². The van der Waals surface area contributed by atoms with Gasteiger partial charge in [-0.15, -0.1) is 0 Å². The average molecular weight is 287 g/mol. The number of rotatable bonds is 5. The zero-order valence-electron chi connectivity index (χ0n) is 10.8. The quantitative estimate of drug-likeness (QED) is 0.503. The van der Waals surface area contributed by atoms with Crippen LogP contribution < -0.4 is 11.1 Å². The van der Waals surface area contributed by atoms with Crippen molar-refractivity contribution in [2.24, 2.45) is 0 Å². The van der Waals surface area contributed by atoms with Gasteiger partial charge in [-0.2, -0.15) is 0 Å². The highest BCUT2D eigenvalue weighted by Crippen LogP contribution is 2.18. The lowest BCUT2D eigenvalue weighted by atomic mass is 10.1. The fourth-order valence-electron chi connectivity index (χ4n) is 1.31. The second-order valence-corrected chi connectivity index (χ2v) is 6.43. The van der Waals surface area contributed by atoms with E-state index in [0.717, 1.165) is 4.31 Å². The van der Waals surface area contributed by atoms with E-state index in [4.69, 9.17) is 5.73 Å². The molecule has 7 nitrogen and oxygen atoms in total. The first-order valence-corrected chi connectivity index (χ1v) is 7.12. The summed E-state index contributed by atoms with van der Waals surface area (Å²) < 4.78 is 24.0. The molecule has 0 saturated heterocycles. The summed E-state index contributed by atoms with van der Waals surface area (Å²) in [7, 11) is -0.514. The lowest BCUT2D eigenvalue weighted by molar-refractivity contribution is 0.0956. The minimum Gasteiger partial charge on any atom is -0.508 e. The van der Waals surface area contributed by atoms with Crippen molar-refractivity contribution in [1.29, 1.82) is 0 Å². The Balaban J connectivity index is 2.64. The second-order valence-electron chi connectivity index (χ2n) is 4.13. The maximum absolute atomic E-state index is 11.8. The Hall–Kier alpha value is -1.80. The van der Waals surface area contributed by atoms with Crippen LogP contribution in [0.3, 0.4) is 0 Å². The molecule has 0 fully saturated rings. The molecular weight excluding hydrogens is 270 g/mol. The number of nitrogen functional groups attached to an aromatic ring is 1. The minimum absolute atomic E-state index is 0.0333. The molecule has 0 bridgehead atoms. The van der Waals surface area contributed by atoms with Crippen molar-refractivity contribution >= 4 is 21.6 Å². The molecule has 1 aromatic carbocycles. The van der Waals surface area contributed by atoms with Crippen LogP contribution in [0.4, 0.5) is 5.69 Å². The van der Waals surface area contributed by atoms with Gasteiger partial charge in [0.1, 0.15) is 5.75 Å². The van der Waals surface area contributed by atoms with E-state index in [9.17, 15) is 18.3 Å². The maximum Gasteiger partial charge on any atom is 0.253 e. The summed E-state index contributed by atoms with van der Waals surface area (Å²) in [4.78, 5) is 11.8. The molecule has 8 heteroatoms. The predicted octanol–water partition coefficient (Wildman–Crippen LogP) is -0.404. The van der Waals surface area contributed by atoms with Crippen LogP contribution in [0.15, 0.2) is 18.2 Å². The largest absolute Gasteiger partial charge is 0.508 e. The minimum atomic E-state index is -3.36. The van der Waals surface area contributed by atoms with Gasteiger partial charge in [-0.25, -0.2) is 12.7 Å². The van der Waals surface area contributed by atoms with Crippen molar-refractivity contribution in [2.75, 3.05) is 32.1 Å². The summed E-state index contributed by atoms with van der Waals surface area (Å²) in [5.74, 6) is -0.813. The number of nitrogens with one attached hydrogen (secondary N) is 1. The van der Waals surface area contributed by atoms with E-state index in [0.29, 0.717) is 0 Å². The van der Waals surface area contributed by atoms with Crippen LogP contribution >= 0.6 is 0 Å². The number of benzene rings is 1. The van der Waals surface area contributed by atoms with Crippen LogP contribution in [0.1, 0.15) is 10.4 Å². The second kappa shape index (κ2) is 5.89. The van der Waals surface area contributed by atoms with Gasteiger partial charge in [0.05, 0.1) is 11.3 Å². The number of hydrogen-bond donors (Lipinski definition) is 3. The molecule has 0 unspecified atom stereocenters. The first-order chi connectivity index (χ1) is 8.74. The summed E-state index contributed by atoms with van der Waals surface area (Å²) >= 11 is 0. The number of nitrogens with zero attached hydrogens (tertiary/aromatic N) is 1. The average Bonchev–Trinajstić information content (AvgIpc) is 2.31. The van der Waals surface area contributed by atoms with Crippen molar-refractivity contribution in [3.63, 3.8) is 0 Å². The molecule has 1 amide bonds. The van der Waals surface area contributed by atoms with Crippen LogP contribution in [-0.2, 0) is 10.0 Å². The molecule has 4 N–H and O–H groups in total. The van der Waals surface area contributed by atoms with Crippen molar-refractivity contribution in [3.8, 4) is 5.75 Å². The normalized spacial score (nSPS) is 11.5. The van der Waals surface area contributed by atoms with Crippen LogP contribution in [0.5, 0.6) is 5.75 Å². The van der Waals surface area contributed by atoms with Crippen molar-refractivity contribution in [2.45, 2.75) is 0 Å².